The van der Waals surface area contributed by atoms with Gasteiger partial charge in [-0.25, -0.2) is 9.37 Å². The number of imidazole rings is 1. The number of nitrogens with zero attached hydrogens (tertiary/aromatic N) is 3. The Morgan fingerprint density at radius 1 is 1.13 bits per heavy atom. The second kappa shape index (κ2) is 8.42. The number of carbonyl (C=O) groups excluding carboxylic acids is 1. The van der Waals surface area contributed by atoms with E-state index in [2.05, 4.69) is 42.5 Å². The van der Waals surface area contributed by atoms with Gasteiger partial charge in [-0.3, -0.25) is 4.79 Å². The molecule has 0 atom stereocenters. The SMILES string of the molecule is Cc1cc(C)c(Cn2ccnc2CN(CC2CC2)C(=O)c2ccc(F)cc2)c(C)c1. The Morgan fingerprint density at radius 3 is 2.43 bits per heavy atom. The molecule has 1 amide bonds. The van der Waals surface area contributed by atoms with E-state index in [9.17, 15) is 9.18 Å². The molecule has 5 heteroatoms. The third-order valence-electron chi connectivity index (χ3n) is 5.86. The van der Waals surface area contributed by atoms with E-state index in [1.54, 1.807) is 18.3 Å². The fourth-order valence-corrected chi connectivity index (χ4v) is 4.04. The van der Waals surface area contributed by atoms with E-state index in [1.807, 2.05) is 11.1 Å². The van der Waals surface area contributed by atoms with Gasteiger partial charge in [0.25, 0.3) is 5.91 Å². The number of amides is 1. The summed E-state index contributed by atoms with van der Waals surface area (Å²) in [6.07, 6.45) is 6.09. The number of rotatable bonds is 7. The highest BCUT2D eigenvalue weighted by Gasteiger charge is 2.28. The maximum atomic E-state index is 13.3. The first-order valence-electron chi connectivity index (χ1n) is 10.5. The van der Waals surface area contributed by atoms with Crippen LogP contribution in [0, 0.1) is 32.5 Å². The third kappa shape index (κ3) is 4.61. The van der Waals surface area contributed by atoms with Gasteiger partial charge < -0.3 is 9.47 Å². The average molecular weight is 406 g/mol. The molecule has 3 aromatic rings. The molecule has 1 heterocycles. The normalized spacial score (nSPS) is 13.5. The molecular weight excluding hydrogens is 377 g/mol. The Balaban J connectivity index is 1.57. The summed E-state index contributed by atoms with van der Waals surface area (Å²) in [5.41, 5.74) is 5.60. The van der Waals surface area contributed by atoms with Crippen LogP contribution in [-0.2, 0) is 13.1 Å². The summed E-state index contributed by atoms with van der Waals surface area (Å²) in [5.74, 6) is 1.02. The lowest BCUT2D eigenvalue weighted by molar-refractivity contribution is 0.0728. The molecule has 0 unspecified atom stereocenters. The Hall–Kier alpha value is -2.95. The smallest absolute Gasteiger partial charge is 0.254 e. The van der Waals surface area contributed by atoms with Gasteiger partial charge in [0.05, 0.1) is 6.54 Å². The number of aromatic nitrogens is 2. The number of hydrogen-bond donors (Lipinski definition) is 0. The topological polar surface area (TPSA) is 38.1 Å². The molecule has 30 heavy (non-hydrogen) atoms. The highest BCUT2D eigenvalue weighted by Crippen LogP contribution is 2.31. The summed E-state index contributed by atoms with van der Waals surface area (Å²) >= 11 is 0. The van der Waals surface area contributed by atoms with Crippen LogP contribution in [0.15, 0.2) is 48.8 Å². The van der Waals surface area contributed by atoms with Crippen molar-refractivity contribution in [1.82, 2.24) is 14.5 Å². The van der Waals surface area contributed by atoms with Crippen molar-refractivity contribution < 1.29 is 9.18 Å². The fourth-order valence-electron chi connectivity index (χ4n) is 4.04. The van der Waals surface area contributed by atoms with Gasteiger partial charge in [-0.1, -0.05) is 17.7 Å². The van der Waals surface area contributed by atoms with Crippen LogP contribution in [0.5, 0.6) is 0 Å². The largest absolute Gasteiger partial charge is 0.331 e. The monoisotopic (exact) mass is 405 g/mol. The average Bonchev–Trinajstić information content (AvgIpc) is 3.41. The highest BCUT2D eigenvalue weighted by molar-refractivity contribution is 5.94. The highest BCUT2D eigenvalue weighted by atomic mass is 19.1. The Bertz CT molecular complexity index is 1030. The molecular formula is C25H28FN3O. The summed E-state index contributed by atoms with van der Waals surface area (Å²) in [5, 5.41) is 0. The van der Waals surface area contributed by atoms with Crippen molar-refractivity contribution in [2.24, 2.45) is 5.92 Å². The minimum atomic E-state index is -0.334. The number of carbonyl (C=O) groups is 1. The maximum absolute atomic E-state index is 13.3. The molecule has 1 saturated carbocycles. The Kier molecular flexibility index (Phi) is 5.71. The van der Waals surface area contributed by atoms with E-state index in [4.69, 9.17) is 0 Å². The molecule has 0 N–H and O–H groups in total. The van der Waals surface area contributed by atoms with E-state index < -0.39 is 0 Å². The fraction of sp³-hybridized carbons (Fsp3) is 0.360. The zero-order valence-electron chi connectivity index (χ0n) is 17.9. The quantitative estimate of drug-likeness (QED) is 0.552. The van der Waals surface area contributed by atoms with E-state index >= 15 is 0 Å². The molecule has 0 radical (unpaired) electrons. The molecule has 0 aliphatic heterocycles. The van der Waals surface area contributed by atoms with Crippen LogP contribution >= 0.6 is 0 Å². The molecule has 4 rings (SSSR count). The van der Waals surface area contributed by atoms with Crippen LogP contribution in [-0.4, -0.2) is 26.9 Å². The van der Waals surface area contributed by atoms with Crippen molar-refractivity contribution in [3.05, 3.63) is 88.3 Å². The van der Waals surface area contributed by atoms with Crippen LogP contribution in [0.4, 0.5) is 4.39 Å². The van der Waals surface area contributed by atoms with Crippen LogP contribution in [0.3, 0.4) is 0 Å². The first-order valence-corrected chi connectivity index (χ1v) is 10.5. The first-order chi connectivity index (χ1) is 14.4. The van der Waals surface area contributed by atoms with Gasteiger partial charge in [-0.2, -0.15) is 0 Å². The van der Waals surface area contributed by atoms with Crippen LogP contribution < -0.4 is 0 Å². The minimum Gasteiger partial charge on any atom is -0.331 e. The lowest BCUT2D eigenvalue weighted by Gasteiger charge is -2.23. The van der Waals surface area contributed by atoms with Gasteiger partial charge in [0, 0.05) is 31.0 Å². The van der Waals surface area contributed by atoms with Gasteiger partial charge in [0.1, 0.15) is 11.6 Å². The van der Waals surface area contributed by atoms with Crippen LogP contribution in [0.1, 0.15) is 51.3 Å². The van der Waals surface area contributed by atoms with Crippen molar-refractivity contribution in [2.75, 3.05) is 6.54 Å². The standard InChI is InChI=1S/C25H28FN3O/c1-17-12-18(2)23(19(3)13-17)15-28-11-10-27-24(28)16-29(14-20-4-5-20)25(30)21-6-8-22(26)9-7-21/h6-13,20H,4-5,14-16H2,1-3H3. The molecule has 1 fully saturated rings. The second-order valence-electron chi connectivity index (χ2n) is 8.48. The third-order valence-corrected chi connectivity index (χ3v) is 5.86. The van der Waals surface area contributed by atoms with E-state index in [0.29, 0.717) is 24.6 Å². The molecule has 156 valence electrons. The van der Waals surface area contributed by atoms with Gasteiger partial charge in [0.2, 0.25) is 0 Å². The molecule has 0 bridgehead atoms. The summed E-state index contributed by atoms with van der Waals surface area (Å²) in [6, 6.07) is 10.2. The van der Waals surface area contributed by atoms with Crippen LogP contribution in [0.2, 0.25) is 0 Å². The minimum absolute atomic E-state index is 0.0702. The van der Waals surface area contributed by atoms with Gasteiger partial charge in [-0.15, -0.1) is 0 Å². The lowest BCUT2D eigenvalue weighted by atomic mass is 10.00. The van der Waals surface area contributed by atoms with Gasteiger partial charge >= 0.3 is 0 Å². The molecule has 0 saturated heterocycles. The molecule has 1 aliphatic carbocycles. The lowest BCUT2D eigenvalue weighted by Crippen LogP contribution is -2.33. The first kappa shape index (κ1) is 20.3. The molecule has 4 nitrogen and oxygen atoms in total. The van der Waals surface area contributed by atoms with Crippen LogP contribution in [0.25, 0.3) is 0 Å². The summed E-state index contributed by atoms with van der Waals surface area (Å²) in [6.45, 7) is 8.29. The summed E-state index contributed by atoms with van der Waals surface area (Å²) in [7, 11) is 0. The summed E-state index contributed by atoms with van der Waals surface area (Å²) < 4.78 is 15.4. The van der Waals surface area contributed by atoms with Gasteiger partial charge in [0.15, 0.2) is 0 Å². The number of aryl methyl sites for hydroxylation is 3. The van der Waals surface area contributed by atoms with Crippen molar-refractivity contribution in [2.45, 2.75) is 46.7 Å². The van der Waals surface area contributed by atoms with Crippen molar-refractivity contribution >= 4 is 5.91 Å². The molecule has 1 aromatic heterocycles. The van der Waals surface area contributed by atoms with E-state index in [1.165, 1.54) is 34.4 Å². The maximum Gasteiger partial charge on any atom is 0.254 e. The Morgan fingerprint density at radius 2 is 1.80 bits per heavy atom. The predicted molar refractivity (Wildman–Crippen MR) is 116 cm³/mol. The zero-order chi connectivity index (χ0) is 21.3. The van der Waals surface area contributed by atoms with E-state index in [-0.39, 0.29) is 11.7 Å². The van der Waals surface area contributed by atoms with E-state index in [0.717, 1.165) is 25.2 Å². The van der Waals surface area contributed by atoms with Crippen molar-refractivity contribution in [3.8, 4) is 0 Å². The number of hydrogen-bond acceptors (Lipinski definition) is 2. The zero-order valence-corrected chi connectivity index (χ0v) is 17.9. The second-order valence-corrected chi connectivity index (χ2v) is 8.48. The number of benzene rings is 2. The predicted octanol–water partition coefficient (Wildman–Crippen LogP) is 5.05. The van der Waals surface area contributed by atoms with Crippen molar-refractivity contribution in [3.63, 3.8) is 0 Å². The molecule has 1 aliphatic rings. The van der Waals surface area contributed by atoms with Crippen molar-refractivity contribution in [1.29, 1.82) is 0 Å². The molecule has 0 spiro atoms. The number of halogens is 1. The molecule has 2 aromatic carbocycles. The Labute approximate surface area is 177 Å². The van der Waals surface area contributed by atoms with Gasteiger partial charge in [-0.05, 0) is 80.5 Å². The summed E-state index contributed by atoms with van der Waals surface area (Å²) in [4.78, 5) is 19.5.